The first-order valence-corrected chi connectivity index (χ1v) is 4.39. The number of hydrogen-bond acceptors (Lipinski definition) is 3. The van der Waals surface area contributed by atoms with Gasteiger partial charge in [0.15, 0.2) is 0 Å². The summed E-state index contributed by atoms with van der Waals surface area (Å²) in [6, 6.07) is 1.25. The average Bonchev–Trinajstić information content (AvgIpc) is 1.99. The minimum atomic E-state index is -1.62. The second kappa shape index (κ2) is 9.07. The molecule has 2 amide bonds. The van der Waals surface area contributed by atoms with E-state index in [1.165, 1.54) is 0 Å². The molecule has 0 aromatic heterocycles. The van der Waals surface area contributed by atoms with Crippen LogP contribution in [0.2, 0.25) is 0 Å². The van der Waals surface area contributed by atoms with Crippen molar-refractivity contribution in [1.29, 1.82) is 0 Å². The van der Waals surface area contributed by atoms with Crippen molar-refractivity contribution in [3.8, 4) is 0 Å². The highest BCUT2D eigenvalue weighted by atomic mass is 16.4. The maximum Gasteiger partial charge on any atom is 0.450 e. The maximum atomic E-state index is 9.38. The number of amides is 2. The number of nitrogens with one attached hydrogen (secondary N) is 1. The van der Waals surface area contributed by atoms with Crippen LogP contribution in [0.3, 0.4) is 0 Å². The third-order valence-electron chi connectivity index (χ3n) is 0.888. The summed E-state index contributed by atoms with van der Waals surface area (Å²) < 4.78 is 0. The van der Waals surface area contributed by atoms with E-state index in [1.807, 2.05) is 0 Å². The Balaban J connectivity index is 0. The second-order valence-electron chi connectivity index (χ2n) is 3.24. The van der Waals surface area contributed by atoms with Crippen molar-refractivity contribution < 1.29 is 19.8 Å². The van der Waals surface area contributed by atoms with E-state index in [2.05, 4.69) is 43.2 Å². The first-order valence-electron chi connectivity index (χ1n) is 4.39. The van der Waals surface area contributed by atoms with Gasteiger partial charge in [0.05, 0.1) is 0 Å². The quantitative estimate of drug-likeness (QED) is 0.616. The number of hydrogen-bond donors (Lipinski definition) is 3. The minimum Gasteiger partial charge on any atom is -0.462 e. The minimum absolute atomic E-state index is 0.625. The monoisotopic (exact) mass is 219 g/mol. The number of azo groups is 1. The lowest BCUT2D eigenvalue weighted by Gasteiger charge is -2.10. The van der Waals surface area contributed by atoms with Gasteiger partial charge in [-0.25, -0.2) is 9.59 Å². The molecule has 88 valence electrons. The molecule has 0 aromatic rings. The van der Waals surface area contributed by atoms with Crippen LogP contribution in [0.5, 0.6) is 0 Å². The highest BCUT2D eigenvalue weighted by Crippen LogP contribution is 1.80. The molecule has 0 rings (SSSR count). The number of rotatable bonds is 2. The van der Waals surface area contributed by atoms with Crippen molar-refractivity contribution in [2.75, 3.05) is 0 Å². The van der Waals surface area contributed by atoms with Gasteiger partial charge < -0.3 is 15.5 Å². The van der Waals surface area contributed by atoms with Crippen LogP contribution in [0.15, 0.2) is 10.2 Å². The molecule has 0 saturated heterocycles. The summed E-state index contributed by atoms with van der Waals surface area (Å²) in [5.41, 5.74) is 0. The summed E-state index contributed by atoms with van der Waals surface area (Å²) in [4.78, 5) is 18.8. The molecule has 0 atom stereocenters. The Morgan fingerprint density at radius 1 is 0.933 bits per heavy atom. The van der Waals surface area contributed by atoms with Gasteiger partial charge >= 0.3 is 12.2 Å². The summed E-state index contributed by atoms with van der Waals surface area (Å²) in [5, 5.41) is 23.1. The second-order valence-corrected chi connectivity index (χ2v) is 3.24. The van der Waals surface area contributed by atoms with Crippen molar-refractivity contribution in [3.63, 3.8) is 0 Å². The van der Waals surface area contributed by atoms with Crippen LogP contribution in [0, 0.1) is 0 Å². The fraction of sp³-hybridized carbons (Fsp3) is 0.750. The van der Waals surface area contributed by atoms with Crippen LogP contribution in [0.1, 0.15) is 27.7 Å². The standard InChI is InChI=1S/C6H15N.C2H2N2O4/c1-5(2)7-6(3)4;5-1(6)3-4-2(7)8/h5-7H,1-4H3;(H,5,6)(H,7,8). The summed E-state index contributed by atoms with van der Waals surface area (Å²) in [6.07, 6.45) is -3.24. The first-order chi connectivity index (χ1) is 6.75. The molecule has 7 nitrogen and oxygen atoms in total. The summed E-state index contributed by atoms with van der Waals surface area (Å²) in [6.45, 7) is 8.61. The molecule has 0 spiro atoms. The number of nitrogens with zero attached hydrogens (tertiary/aromatic N) is 2. The molecule has 7 heteroatoms. The van der Waals surface area contributed by atoms with Crippen molar-refractivity contribution in [2.45, 2.75) is 39.8 Å². The zero-order valence-corrected chi connectivity index (χ0v) is 9.26. The van der Waals surface area contributed by atoms with Crippen LogP contribution in [0.25, 0.3) is 0 Å². The molecule has 0 heterocycles. The average molecular weight is 219 g/mol. The van der Waals surface area contributed by atoms with Crippen LogP contribution < -0.4 is 5.32 Å². The Hall–Kier alpha value is -1.50. The largest absolute Gasteiger partial charge is 0.462 e. The lowest BCUT2D eigenvalue weighted by molar-refractivity contribution is 0.194. The van der Waals surface area contributed by atoms with E-state index in [0.717, 1.165) is 0 Å². The van der Waals surface area contributed by atoms with Crippen molar-refractivity contribution in [1.82, 2.24) is 5.32 Å². The summed E-state index contributed by atoms with van der Waals surface area (Å²) >= 11 is 0. The molecule has 15 heavy (non-hydrogen) atoms. The normalized spacial score (nSPS) is 10.3. The fourth-order valence-corrected chi connectivity index (χ4v) is 0.752. The predicted octanol–water partition coefficient (Wildman–Crippen LogP) is 2.19. The van der Waals surface area contributed by atoms with Gasteiger partial charge in [-0.05, 0) is 0 Å². The number of carboxylic acid groups (broad SMARTS) is 2. The van der Waals surface area contributed by atoms with Gasteiger partial charge in [0.2, 0.25) is 0 Å². The highest BCUT2D eigenvalue weighted by molar-refractivity contribution is 5.70. The summed E-state index contributed by atoms with van der Waals surface area (Å²) in [7, 11) is 0. The van der Waals surface area contributed by atoms with Gasteiger partial charge in [-0.15, -0.1) is 0 Å². The third kappa shape index (κ3) is 24.5. The Labute approximate surface area is 88.2 Å². The van der Waals surface area contributed by atoms with E-state index in [0.29, 0.717) is 12.1 Å². The third-order valence-corrected chi connectivity index (χ3v) is 0.888. The molecule has 0 unspecified atom stereocenters. The van der Waals surface area contributed by atoms with E-state index >= 15 is 0 Å². The Kier molecular flexibility index (Phi) is 9.65. The molecule has 0 aliphatic heterocycles. The van der Waals surface area contributed by atoms with Crippen LogP contribution >= 0.6 is 0 Å². The highest BCUT2D eigenvalue weighted by Gasteiger charge is 1.92. The molecule has 0 aliphatic carbocycles. The lowest BCUT2D eigenvalue weighted by atomic mass is 10.3. The van der Waals surface area contributed by atoms with Crippen molar-refractivity contribution >= 4 is 12.2 Å². The zero-order valence-electron chi connectivity index (χ0n) is 9.26. The van der Waals surface area contributed by atoms with Crippen molar-refractivity contribution in [3.05, 3.63) is 0 Å². The van der Waals surface area contributed by atoms with Gasteiger partial charge in [-0.2, -0.15) is 0 Å². The first kappa shape index (κ1) is 15.9. The van der Waals surface area contributed by atoms with Gasteiger partial charge in [0.25, 0.3) is 0 Å². The number of carbonyl (C=O) groups is 2. The van der Waals surface area contributed by atoms with Crippen molar-refractivity contribution in [2.24, 2.45) is 10.2 Å². The SMILES string of the molecule is CC(C)NC(C)C.O=C(O)N=NC(=O)O. The van der Waals surface area contributed by atoms with Gasteiger partial charge in [0, 0.05) is 12.1 Å². The van der Waals surface area contributed by atoms with E-state index in [9.17, 15) is 9.59 Å². The van der Waals surface area contributed by atoms with Gasteiger partial charge in [0.1, 0.15) is 0 Å². The maximum absolute atomic E-state index is 9.38. The predicted molar refractivity (Wildman–Crippen MR) is 54.3 cm³/mol. The van der Waals surface area contributed by atoms with Crippen LogP contribution in [0.4, 0.5) is 9.59 Å². The molecule has 0 radical (unpaired) electrons. The topological polar surface area (TPSA) is 111 Å². The van der Waals surface area contributed by atoms with E-state index < -0.39 is 12.2 Å². The van der Waals surface area contributed by atoms with Crippen LogP contribution in [-0.2, 0) is 0 Å². The Bertz CT molecular complexity index is 204. The molecule has 0 saturated carbocycles. The zero-order chi connectivity index (χ0) is 12.4. The molecule has 0 aliphatic rings. The molecular weight excluding hydrogens is 202 g/mol. The Morgan fingerprint density at radius 2 is 1.20 bits per heavy atom. The molecule has 0 bridgehead atoms. The Morgan fingerprint density at radius 3 is 1.27 bits per heavy atom. The molecule has 3 N–H and O–H groups in total. The van der Waals surface area contributed by atoms with E-state index in [4.69, 9.17) is 10.2 Å². The lowest BCUT2D eigenvalue weighted by Crippen LogP contribution is -2.29. The smallest absolute Gasteiger partial charge is 0.450 e. The van der Waals surface area contributed by atoms with E-state index in [1.54, 1.807) is 0 Å². The molecular formula is C8H17N3O4. The molecule has 0 fully saturated rings. The van der Waals surface area contributed by atoms with Gasteiger partial charge in [-0.3, -0.25) is 0 Å². The fourth-order valence-electron chi connectivity index (χ4n) is 0.752. The molecule has 0 aromatic carbocycles. The summed E-state index contributed by atoms with van der Waals surface area (Å²) in [5.74, 6) is 0. The van der Waals surface area contributed by atoms with Gasteiger partial charge in [-0.1, -0.05) is 37.9 Å². The van der Waals surface area contributed by atoms with Crippen LogP contribution in [-0.4, -0.2) is 34.5 Å². The van der Waals surface area contributed by atoms with E-state index in [-0.39, 0.29) is 0 Å².